The van der Waals surface area contributed by atoms with E-state index in [1.165, 1.54) is 18.3 Å². The standard InChI is InChI=1S/C28H30N2O3S/c1-19-9-3-6-15-25(19)27(28(33)29-22-11-4-5-12-22)30(26(32)18-24-14-8-16-34-24)23-13-7-10-21(17-23)20(2)31/h3,6-10,13-17,22,27H,4-5,11-12,18H2,1-2H3,(H,29,33)/t27-/m0/s1. The molecule has 0 saturated heterocycles. The van der Waals surface area contributed by atoms with Crippen molar-refractivity contribution in [3.8, 4) is 0 Å². The van der Waals surface area contributed by atoms with Crippen LogP contribution in [0.1, 0.15) is 65.0 Å². The molecule has 0 unspecified atom stereocenters. The Bertz CT molecular complexity index is 1170. The van der Waals surface area contributed by atoms with E-state index >= 15 is 0 Å². The molecule has 5 nitrogen and oxygen atoms in total. The molecule has 0 bridgehead atoms. The first-order chi connectivity index (χ1) is 16.4. The third-order valence-electron chi connectivity index (χ3n) is 6.40. The zero-order valence-corrected chi connectivity index (χ0v) is 20.4. The Balaban J connectivity index is 1.81. The van der Waals surface area contributed by atoms with Gasteiger partial charge in [-0.05, 0) is 61.4 Å². The molecule has 0 radical (unpaired) electrons. The van der Waals surface area contributed by atoms with Crippen LogP contribution in [-0.4, -0.2) is 23.6 Å². The molecule has 34 heavy (non-hydrogen) atoms. The lowest BCUT2D eigenvalue weighted by atomic mass is 9.97. The average Bonchev–Trinajstić information content (AvgIpc) is 3.52. The van der Waals surface area contributed by atoms with E-state index in [4.69, 9.17) is 0 Å². The predicted octanol–water partition coefficient (Wildman–Crippen LogP) is 5.63. The van der Waals surface area contributed by atoms with E-state index in [1.54, 1.807) is 29.2 Å². The molecule has 1 saturated carbocycles. The van der Waals surface area contributed by atoms with Crippen molar-refractivity contribution in [2.24, 2.45) is 0 Å². The van der Waals surface area contributed by atoms with E-state index in [2.05, 4.69) is 5.32 Å². The fourth-order valence-electron chi connectivity index (χ4n) is 4.60. The van der Waals surface area contributed by atoms with E-state index < -0.39 is 6.04 Å². The second-order valence-electron chi connectivity index (χ2n) is 8.88. The molecule has 3 aromatic rings. The van der Waals surface area contributed by atoms with Crippen LogP contribution in [-0.2, 0) is 16.0 Å². The summed E-state index contributed by atoms with van der Waals surface area (Å²) in [7, 11) is 0. The maximum atomic E-state index is 13.8. The summed E-state index contributed by atoms with van der Waals surface area (Å²) in [6.45, 7) is 3.46. The van der Waals surface area contributed by atoms with Crippen molar-refractivity contribution < 1.29 is 14.4 Å². The Kier molecular flexibility index (Phi) is 7.58. The number of Topliss-reactive ketones (excluding diaryl/α,β-unsaturated/α-hetero) is 1. The summed E-state index contributed by atoms with van der Waals surface area (Å²) in [6.07, 6.45) is 4.29. The summed E-state index contributed by atoms with van der Waals surface area (Å²) in [5.41, 5.74) is 2.77. The number of rotatable bonds is 8. The van der Waals surface area contributed by atoms with Gasteiger partial charge in [-0.3, -0.25) is 19.3 Å². The van der Waals surface area contributed by atoms with E-state index in [0.29, 0.717) is 11.3 Å². The van der Waals surface area contributed by atoms with Crippen molar-refractivity contribution in [3.63, 3.8) is 0 Å². The van der Waals surface area contributed by atoms with Crippen LogP contribution in [0.5, 0.6) is 0 Å². The van der Waals surface area contributed by atoms with Crippen molar-refractivity contribution in [3.05, 3.63) is 87.6 Å². The Morgan fingerprint density at radius 1 is 1.03 bits per heavy atom. The van der Waals surface area contributed by atoms with Crippen LogP contribution in [0.2, 0.25) is 0 Å². The monoisotopic (exact) mass is 474 g/mol. The van der Waals surface area contributed by atoms with Gasteiger partial charge in [-0.15, -0.1) is 11.3 Å². The molecular formula is C28H30N2O3S. The first kappa shape index (κ1) is 23.9. The number of ketones is 1. The molecule has 2 aromatic carbocycles. The summed E-state index contributed by atoms with van der Waals surface area (Å²) < 4.78 is 0. The lowest BCUT2D eigenvalue weighted by Gasteiger charge is -2.33. The van der Waals surface area contributed by atoms with Crippen molar-refractivity contribution in [1.82, 2.24) is 5.32 Å². The smallest absolute Gasteiger partial charge is 0.248 e. The first-order valence-corrected chi connectivity index (χ1v) is 12.6. The molecule has 1 heterocycles. The van der Waals surface area contributed by atoms with Crippen LogP contribution in [0.4, 0.5) is 5.69 Å². The number of benzene rings is 2. The minimum atomic E-state index is -0.837. The molecule has 6 heteroatoms. The predicted molar refractivity (Wildman–Crippen MR) is 136 cm³/mol. The normalized spacial score (nSPS) is 14.5. The number of thiophene rings is 1. The number of carbonyl (C=O) groups excluding carboxylic acids is 3. The van der Waals surface area contributed by atoms with Crippen molar-refractivity contribution in [2.45, 2.75) is 58.0 Å². The van der Waals surface area contributed by atoms with Gasteiger partial charge in [0.2, 0.25) is 11.8 Å². The molecule has 0 spiro atoms. The molecule has 1 aliphatic carbocycles. The van der Waals surface area contributed by atoms with Crippen LogP contribution in [0, 0.1) is 6.92 Å². The Morgan fingerprint density at radius 2 is 1.79 bits per heavy atom. The second-order valence-corrected chi connectivity index (χ2v) is 9.91. The van der Waals surface area contributed by atoms with Gasteiger partial charge < -0.3 is 5.32 Å². The number of hydrogen-bond donors (Lipinski definition) is 1. The molecule has 0 aliphatic heterocycles. The average molecular weight is 475 g/mol. The highest BCUT2D eigenvalue weighted by Crippen LogP contribution is 2.32. The Morgan fingerprint density at radius 3 is 2.47 bits per heavy atom. The highest BCUT2D eigenvalue weighted by atomic mass is 32.1. The van der Waals surface area contributed by atoms with E-state index in [0.717, 1.165) is 41.7 Å². The van der Waals surface area contributed by atoms with Gasteiger partial charge in [0.05, 0.1) is 6.42 Å². The number of amides is 2. The Hall–Kier alpha value is -3.25. The molecule has 1 N–H and O–H groups in total. The van der Waals surface area contributed by atoms with Crippen LogP contribution in [0.3, 0.4) is 0 Å². The number of nitrogens with one attached hydrogen (secondary N) is 1. The number of nitrogens with zero attached hydrogens (tertiary/aromatic N) is 1. The molecule has 1 aliphatic rings. The SMILES string of the molecule is CC(=O)c1cccc(N(C(=O)Cc2cccs2)[C@H](C(=O)NC2CCCC2)c2ccccc2C)c1. The quantitative estimate of drug-likeness (QED) is 0.430. The van der Waals surface area contributed by atoms with Crippen LogP contribution in [0.15, 0.2) is 66.0 Å². The fraction of sp³-hybridized carbons (Fsp3) is 0.321. The molecule has 1 atom stereocenters. The topological polar surface area (TPSA) is 66.5 Å². The summed E-state index contributed by atoms with van der Waals surface area (Å²) in [5.74, 6) is -0.456. The highest BCUT2D eigenvalue weighted by molar-refractivity contribution is 7.10. The third kappa shape index (κ3) is 5.45. The van der Waals surface area contributed by atoms with Gasteiger partial charge >= 0.3 is 0 Å². The summed E-state index contributed by atoms with van der Waals surface area (Å²) >= 11 is 1.51. The summed E-state index contributed by atoms with van der Waals surface area (Å²) in [4.78, 5) is 42.3. The van der Waals surface area contributed by atoms with Gasteiger partial charge in [0.1, 0.15) is 6.04 Å². The van der Waals surface area contributed by atoms with Crippen LogP contribution >= 0.6 is 11.3 Å². The van der Waals surface area contributed by atoms with E-state index in [9.17, 15) is 14.4 Å². The summed E-state index contributed by atoms with van der Waals surface area (Å²) in [6, 6.07) is 17.8. The van der Waals surface area contributed by atoms with Gasteiger partial charge in [-0.1, -0.05) is 55.3 Å². The zero-order chi connectivity index (χ0) is 24.1. The molecule has 2 amide bonds. The minimum absolute atomic E-state index is 0.0876. The highest BCUT2D eigenvalue weighted by Gasteiger charge is 2.35. The summed E-state index contributed by atoms with van der Waals surface area (Å²) in [5, 5.41) is 5.15. The van der Waals surface area contributed by atoms with E-state index in [1.807, 2.05) is 48.7 Å². The molecule has 4 rings (SSSR count). The van der Waals surface area contributed by atoms with Gasteiger partial charge in [-0.2, -0.15) is 0 Å². The maximum absolute atomic E-state index is 13.8. The van der Waals surface area contributed by atoms with Crippen molar-refractivity contribution in [1.29, 1.82) is 0 Å². The van der Waals surface area contributed by atoms with Gasteiger partial charge in [0, 0.05) is 22.2 Å². The van der Waals surface area contributed by atoms with Gasteiger partial charge in [0.25, 0.3) is 0 Å². The minimum Gasteiger partial charge on any atom is -0.351 e. The first-order valence-electron chi connectivity index (χ1n) is 11.8. The van der Waals surface area contributed by atoms with Gasteiger partial charge in [-0.25, -0.2) is 0 Å². The molecule has 176 valence electrons. The number of hydrogen-bond acceptors (Lipinski definition) is 4. The van der Waals surface area contributed by atoms with Crippen LogP contribution < -0.4 is 10.2 Å². The second kappa shape index (κ2) is 10.8. The lowest BCUT2D eigenvalue weighted by Crippen LogP contribution is -2.47. The Labute approximate surface area is 204 Å². The molecule has 1 aromatic heterocycles. The molecular weight excluding hydrogens is 444 g/mol. The lowest BCUT2D eigenvalue weighted by molar-refractivity contribution is -0.127. The van der Waals surface area contributed by atoms with Crippen LogP contribution in [0.25, 0.3) is 0 Å². The third-order valence-corrected chi connectivity index (χ3v) is 7.27. The number of carbonyl (C=O) groups is 3. The van der Waals surface area contributed by atoms with Crippen molar-refractivity contribution >= 4 is 34.6 Å². The zero-order valence-electron chi connectivity index (χ0n) is 19.6. The fourth-order valence-corrected chi connectivity index (χ4v) is 5.30. The van der Waals surface area contributed by atoms with Gasteiger partial charge in [0.15, 0.2) is 5.78 Å². The van der Waals surface area contributed by atoms with E-state index in [-0.39, 0.29) is 30.1 Å². The number of anilines is 1. The number of aryl methyl sites for hydroxylation is 1. The molecule has 1 fully saturated rings. The largest absolute Gasteiger partial charge is 0.351 e. The maximum Gasteiger partial charge on any atom is 0.248 e. The van der Waals surface area contributed by atoms with Crippen molar-refractivity contribution in [2.75, 3.05) is 4.90 Å².